The first-order chi connectivity index (χ1) is 7.47. The summed E-state index contributed by atoms with van der Waals surface area (Å²) in [7, 11) is 0. The van der Waals surface area contributed by atoms with E-state index >= 15 is 0 Å². The fourth-order valence-corrected chi connectivity index (χ4v) is 2.44. The van der Waals surface area contributed by atoms with Gasteiger partial charge in [0.1, 0.15) is 0 Å². The Hall–Kier alpha value is -1.29. The molecule has 0 amide bonds. The van der Waals surface area contributed by atoms with Crippen molar-refractivity contribution in [3.05, 3.63) is 23.2 Å². The Morgan fingerprint density at radius 1 is 1.44 bits per heavy atom. The van der Waals surface area contributed by atoms with E-state index < -0.39 is 0 Å². The first-order valence-corrected chi connectivity index (χ1v) is 6.13. The number of nitrogen functional groups attached to an aromatic ring is 1. The van der Waals surface area contributed by atoms with Gasteiger partial charge >= 0.3 is 0 Å². The van der Waals surface area contributed by atoms with Crippen molar-refractivity contribution in [2.45, 2.75) is 27.2 Å². The maximum absolute atomic E-state index is 5.83. The molecule has 2 N–H and O–H groups in total. The molecular formula is C12H16N2OS. The van der Waals surface area contributed by atoms with E-state index in [9.17, 15) is 0 Å². The van der Waals surface area contributed by atoms with E-state index in [1.54, 1.807) is 11.3 Å². The van der Waals surface area contributed by atoms with E-state index in [-0.39, 0.29) is 5.41 Å². The molecule has 0 bridgehead atoms. The lowest BCUT2D eigenvalue weighted by Crippen LogP contribution is -2.10. The number of thiophene rings is 1. The summed E-state index contributed by atoms with van der Waals surface area (Å²) >= 11 is 1.65. The van der Waals surface area contributed by atoms with Crippen LogP contribution in [0.3, 0.4) is 0 Å². The Labute approximate surface area is 99.3 Å². The zero-order valence-corrected chi connectivity index (χ0v) is 10.6. The van der Waals surface area contributed by atoms with Gasteiger partial charge in [0, 0.05) is 4.88 Å². The molecule has 0 aliphatic heterocycles. The van der Waals surface area contributed by atoms with Crippen LogP contribution in [-0.2, 0) is 6.42 Å². The van der Waals surface area contributed by atoms with Gasteiger partial charge in [-0.25, -0.2) is 0 Å². The van der Waals surface area contributed by atoms with Crippen LogP contribution in [-0.4, -0.2) is 5.16 Å². The largest absolute Gasteiger partial charge is 0.367 e. The fourth-order valence-electron chi connectivity index (χ4n) is 1.65. The lowest BCUT2D eigenvalue weighted by Gasteiger charge is -2.16. The Morgan fingerprint density at radius 2 is 2.19 bits per heavy atom. The van der Waals surface area contributed by atoms with Crippen LogP contribution in [0.5, 0.6) is 0 Å². The van der Waals surface area contributed by atoms with Gasteiger partial charge in [0.05, 0.1) is 11.3 Å². The predicted octanol–water partition coefficient (Wildman–Crippen LogP) is 3.57. The summed E-state index contributed by atoms with van der Waals surface area (Å²) in [5.74, 6) is 0.418. The maximum Gasteiger partial charge on any atom is 0.231 e. The summed E-state index contributed by atoms with van der Waals surface area (Å²) in [6.45, 7) is 6.53. The molecule has 0 spiro atoms. The first kappa shape index (κ1) is 11.2. The molecule has 0 saturated heterocycles. The molecule has 0 radical (unpaired) electrons. The number of rotatable bonds is 2. The number of aromatic nitrogens is 1. The molecule has 0 aromatic carbocycles. The van der Waals surface area contributed by atoms with Crippen molar-refractivity contribution in [1.82, 2.24) is 5.16 Å². The number of nitrogens with zero attached hydrogens (tertiary/aromatic N) is 1. The molecule has 0 saturated carbocycles. The van der Waals surface area contributed by atoms with Crippen LogP contribution in [0.15, 0.2) is 22.0 Å². The van der Waals surface area contributed by atoms with Gasteiger partial charge in [-0.05, 0) is 23.3 Å². The van der Waals surface area contributed by atoms with E-state index in [1.807, 2.05) is 17.5 Å². The first-order valence-electron chi connectivity index (χ1n) is 5.25. The van der Waals surface area contributed by atoms with Crippen molar-refractivity contribution in [3.8, 4) is 10.4 Å². The van der Waals surface area contributed by atoms with Crippen LogP contribution in [0, 0.1) is 5.41 Å². The maximum atomic E-state index is 5.83. The Kier molecular flexibility index (Phi) is 2.76. The van der Waals surface area contributed by atoms with Crippen LogP contribution < -0.4 is 5.73 Å². The number of anilines is 1. The molecule has 2 rings (SSSR count). The second-order valence-corrected chi connectivity index (χ2v) is 6.03. The molecule has 2 heterocycles. The molecule has 2 aromatic rings. The third kappa shape index (κ3) is 2.27. The minimum atomic E-state index is 0.176. The minimum absolute atomic E-state index is 0.176. The highest BCUT2D eigenvalue weighted by atomic mass is 32.1. The molecular weight excluding hydrogens is 220 g/mol. The summed E-state index contributed by atoms with van der Waals surface area (Å²) in [5, 5.41) is 6.09. The zero-order chi connectivity index (χ0) is 11.8. The van der Waals surface area contributed by atoms with Crippen LogP contribution in [0.25, 0.3) is 10.4 Å². The summed E-state index contributed by atoms with van der Waals surface area (Å²) in [4.78, 5) is 1.12. The smallest absolute Gasteiger partial charge is 0.231 e. The summed E-state index contributed by atoms with van der Waals surface area (Å²) < 4.78 is 5.10. The molecule has 4 heteroatoms. The molecule has 16 heavy (non-hydrogen) atoms. The fraction of sp³-hybridized carbons (Fsp3) is 0.417. The molecule has 3 nitrogen and oxygen atoms in total. The van der Waals surface area contributed by atoms with Crippen molar-refractivity contribution in [2.24, 2.45) is 5.41 Å². The van der Waals surface area contributed by atoms with Crippen molar-refractivity contribution in [2.75, 3.05) is 5.73 Å². The standard InChI is InChI=1S/C12H16N2OS/c1-12(2,3)7-8-10(11(13)15-14-8)9-5-4-6-16-9/h4-6H,7,13H2,1-3H3. The third-order valence-electron chi connectivity index (χ3n) is 2.25. The minimum Gasteiger partial charge on any atom is -0.367 e. The van der Waals surface area contributed by atoms with E-state index in [0.717, 1.165) is 22.6 Å². The van der Waals surface area contributed by atoms with Crippen molar-refractivity contribution >= 4 is 17.2 Å². The van der Waals surface area contributed by atoms with Crippen molar-refractivity contribution < 1.29 is 4.52 Å². The summed E-state index contributed by atoms with van der Waals surface area (Å²) in [5.41, 5.74) is 7.92. The van der Waals surface area contributed by atoms with Gasteiger partial charge in [0.25, 0.3) is 0 Å². The number of hydrogen-bond donors (Lipinski definition) is 1. The Bertz CT molecular complexity index is 466. The lowest BCUT2D eigenvalue weighted by molar-refractivity contribution is 0.377. The van der Waals surface area contributed by atoms with Crippen LogP contribution in [0.1, 0.15) is 26.5 Å². The summed E-state index contributed by atoms with van der Waals surface area (Å²) in [6, 6.07) is 4.05. The molecule has 0 aliphatic rings. The quantitative estimate of drug-likeness (QED) is 0.867. The van der Waals surface area contributed by atoms with Gasteiger partial charge in [-0.15, -0.1) is 11.3 Å². The monoisotopic (exact) mass is 236 g/mol. The van der Waals surface area contributed by atoms with Crippen molar-refractivity contribution in [3.63, 3.8) is 0 Å². The SMILES string of the molecule is CC(C)(C)Cc1noc(N)c1-c1cccs1. The average molecular weight is 236 g/mol. The van der Waals surface area contributed by atoms with Gasteiger partial charge in [-0.1, -0.05) is 32.0 Å². The highest BCUT2D eigenvalue weighted by Gasteiger charge is 2.21. The average Bonchev–Trinajstić information content (AvgIpc) is 2.73. The van der Waals surface area contributed by atoms with Gasteiger partial charge < -0.3 is 10.3 Å². The number of hydrogen-bond acceptors (Lipinski definition) is 4. The molecule has 0 unspecified atom stereocenters. The topological polar surface area (TPSA) is 52.0 Å². The molecule has 0 fully saturated rings. The predicted molar refractivity (Wildman–Crippen MR) is 67.4 cm³/mol. The number of nitrogens with two attached hydrogens (primary N) is 1. The lowest BCUT2D eigenvalue weighted by atomic mass is 9.89. The van der Waals surface area contributed by atoms with Gasteiger partial charge in [0.15, 0.2) is 0 Å². The summed E-state index contributed by atoms with van der Waals surface area (Å²) in [6.07, 6.45) is 0.862. The van der Waals surface area contributed by atoms with Crippen molar-refractivity contribution in [1.29, 1.82) is 0 Å². The van der Waals surface area contributed by atoms with Gasteiger partial charge in [0.2, 0.25) is 5.88 Å². The van der Waals surface area contributed by atoms with E-state index in [1.165, 1.54) is 0 Å². The highest BCUT2D eigenvalue weighted by molar-refractivity contribution is 7.13. The van der Waals surface area contributed by atoms with E-state index in [0.29, 0.717) is 5.88 Å². The second-order valence-electron chi connectivity index (χ2n) is 5.08. The molecule has 0 aliphatic carbocycles. The van der Waals surface area contributed by atoms with Gasteiger partial charge in [-0.3, -0.25) is 0 Å². The Morgan fingerprint density at radius 3 is 2.75 bits per heavy atom. The van der Waals surface area contributed by atoms with Crippen LogP contribution in [0.4, 0.5) is 5.88 Å². The molecule has 0 atom stereocenters. The highest BCUT2D eigenvalue weighted by Crippen LogP contribution is 2.35. The van der Waals surface area contributed by atoms with Gasteiger partial charge in [-0.2, -0.15) is 0 Å². The van der Waals surface area contributed by atoms with Crippen LogP contribution in [0.2, 0.25) is 0 Å². The van der Waals surface area contributed by atoms with E-state index in [4.69, 9.17) is 10.3 Å². The van der Waals surface area contributed by atoms with E-state index in [2.05, 4.69) is 25.9 Å². The Balaban J connectivity index is 2.41. The normalized spacial score (nSPS) is 11.9. The molecule has 86 valence electrons. The second kappa shape index (κ2) is 3.94. The third-order valence-corrected chi connectivity index (χ3v) is 3.14. The molecule has 2 aromatic heterocycles. The zero-order valence-electron chi connectivity index (χ0n) is 9.78. The van der Waals surface area contributed by atoms with Crippen LogP contribution >= 0.6 is 11.3 Å².